The van der Waals surface area contributed by atoms with E-state index in [2.05, 4.69) is 58.9 Å². The van der Waals surface area contributed by atoms with Gasteiger partial charge in [0.1, 0.15) is 0 Å². The molecule has 1 saturated carbocycles. The number of aryl methyl sites for hydroxylation is 1. The Labute approximate surface area is 105 Å². The Morgan fingerprint density at radius 2 is 1.65 bits per heavy atom. The van der Waals surface area contributed by atoms with Crippen LogP contribution in [0.25, 0.3) is 0 Å². The predicted molar refractivity (Wildman–Crippen MR) is 71.9 cm³/mol. The summed E-state index contributed by atoms with van der Waals surface area (Å²) in [7, 11) is 0. The molecule has 0 aromatic heterocycles. The van der Waals surface area contributed by atoms with Crippen LogP contribution >= 0.6 is 0 Å². The van der Waals surface area contributed by atoms with Crippen molar-refractivity contribution in [1.29, 1.82) is 0 Å². The fourth-order valence-corrected chi connectivity index (χ4v) is 3.39. The second-order valence-corrected chi connectivity index (χ2v) is 6.62. The molecule has 1 heteroatoms. The third-order valence-electron chi connectivity index (χ3n) is 5.21. The van der Waals surface area contributed by atoms with Gasteiger partial charge in [-0.25, -0.2) is 0 Å². The maximum Gasteiger partial charge on any atom is 0.0619 e. The van der Waals surface area contributed by atoms with Crippen molar-refractivity contribution in [1.82, 2.24) is 0 Å². The normalized spacial score (nSPS) is 23.4. The summed E-state index contributed by atoms with van der Waals surface area (Å²) >= 11 is 0. The van der Waals surface area contributed by atoms with Crippen LogP contribution in [0.4, 0.5) is 0 Å². The van der Waals surface area contributed by atoms with E-state index in [1.54, 1.807) is 0 Å². The molecule has 1 aliphatic rings. The maximum atomic E-state index is 10.4. The molecule has 0 heterocycles. The van der Waals surface area contributed by atoms with Gasteiger partial charge in [0.2, 0.25) is 0 Å². The largest absolute Gasteiger partial charge is 0.392 e. The highest BCUT2D eigenvalue weighted by Gasteiger charge is 2.66. The molecule has 0 radical (unpaired) electrons. The maximum absolute atomic E-state index is 10.4. The van der Waals surface area contributed by atoms with Gasteiger partial charge in [-0.1, -0.05) is 52.0 Å². The molecule has 1 aliphatic carbocycles. The molecule has 17 heavy (non-hydrogen) atoms. The van der Waals surface area contributed by atoms with E-state index in [4.69, 9.17) is 0 Å². The summed E-state index contributed by atoms with van der Waals surface area (Å²) in [5.74, 6) is 0.412. The second kappa shape index (κ2) is 3.84. The molecule has 2 rings (SSSR count). The molecule has 1 atom stereocenters. The summed E-state index contributed by atoms with van der Waals surface area (Å²) in [6, 6.07) is 8.35. The number of aliphatic hydroxyl groups is 1. The standard InChI is InChI=1S/C16H24O/c1-11-8-6-7-9-12(11)10-13(17)14-15(2,3)16(14,4)5/h6-9,13-14,17H,10H2,1-5H3. The Morgan fingerprint density at radius 1 is 1.12 bits per heavy atom. The highest BCUT2D eigenvalue weighted by atomic mass is 16.3. The van der Waals surface area contributed by atoms with E-state index in [1.165, 1.54) is 11.1 Å². The number of rotatable bonds is 3. The van der Waals surface area contributed by atoms with Crippen LogP contribution in [0.2, 0.25) is 0 Å². The van der Waals surface area contributed by atoms with Crippen LogP contribution in [0.1, 0.15) is 38.8 Å². The lowest BCUT2D eigenvalue weighted by Gasteiger charge is -2.14. The Morgan fingerprint density at radius 3 is 2.12 bits per heavy atom. The smallest absolute Gasteiger partial charge is 0.0619 e. The van der Waals surface area contributed by atoms with Gasteiger partial charge in [0.25, 0.3) is 0 Å². The first-order chi connectivity index (χ1) is 7.78. The van der Waals surface area contributed by atoms with E-state index >= 15 is 0 Å². The number of hydrogen-bond acceptors (Lipinski definition) is 1. The van der Waals surface area contributed by atoms with E-state index < -0.39 is 0 Å². The highest BCUT2D eigenvalue weighted by Crippen LogP contribution is 2.69. The van der Waals surface area contributed by atoms with E-state index in [0.717, 1.165) is 6.42 Å². The summed E-state index contributed by atoms with van der Waals surface area (Å²) in [5, 5.41) is 10.4. The van der Waals surface area contributed by atoms with Gasteiger partial charge >= 0.3 is 0 Å². The van der Waals surface area contributed by atoms with Gasteiger partial charge in [0.15, 0.2) is 0 Å². The van der Waals surface area contributed by atoms with Crippen LogP contribution in [0.3, 0.4) is 0 Å². The molecule has 0 spiro atoms. The summed E-state index contributed by atoms with van der Waals surface area (Å²) < 4.78 is 0. The molecule has 1 aromatic rings. The zero-order valence-corrected chi connectivity index (χ0v) is 11.6. The lowest BCUT2D eigenvalue weighted by Crippen LogP contribution is -2.18. The van der Waals surface area contributed by atoms with Crippen LogP contribution in [0.5, 0.6) is 0 Å². The second-order valence-electron chi connectivity index (χ2n) is 6.62. The SMILES string of the molecule is Cc1ccccc1CC(O)C1C(C)(C)C1(C)C. The molecule has 0 saturated heterocycles. The van der Waals surface area contributed by atoms with Gasteiger partial charge in [-0.3, -0.25) is 0 Å². The van der Waals surface area contributed by atoms with Crippen molar-refractivity contribution in [3.8, 4) is 0 Å². The van der Waals surface area contributed by atoms with Crippen molar-refractivity contribution in [2.45, 2.75) is 47.1 Å². The molecular formula is C16H24O. The van der Waals surface area contributed by atoms with Crippen molar-refractivity contribution in [2.75, 3.05) is 0 Å². The van der Waals surface area contributed by atoms with Gasteiger partial charge in [0, 0.05) is 0 Å². The summed E-state index contributed by atoms with van der Waals surface area (Å²) in [6.45, 7) is 11.2. The zero-order valence-electron chi connectivity index (χ0n) is 11.6. The molecular weight excluding hydrogens is 208 g/mol. The van der Waals surface area contributed by atoms with Crippen molar-refractivity contribution >= 4 is 0 Å². The van der Waals surface area contributed by atoms with Crippen LogP contribution in [0, 0.1) is 23.7 Å². The Hall–Kier alpha value is -0.820. The number of aliphatic hydroxyl groups excluding tert-OH is 1. The summed E-state index contributed by atoms with van der Waals surface area (Å²) in [6.07, 6.45) is 0.561. The minimum absolute atomic E-state index is 0.221. The molecule has 94 valence electrons. The quantitative estimate of drug-likeness (QED) is 0.844. The molecule has 1 aromatic carbocycles. The molecule has 0 aliphatic heterocycles. The predicted octanol–water partition coefficient (Wildman–Crippen LogP) is 3.58. The summed E-state index contributed by atoms with van der Waals surface area (Å²) in [4.78, 5) is 0. The lowest BCUT2D eigenvalue weighted by molar-refractivity contribution is 0.129. The van der Waals surface area contributed by atoms with Gasteiger partial charge < -0.3 is 5.11 Å². The Kier molecular flexibility index (Phi) is 2.86. The first kappa shape index (κ1) is 12.6. The van der Waals surface area contributed by atoms with Crippen LogP contribution < -0.4 is 0 Å². The molecule has 1 fully saturated rings. The molecule has 1 nitrogen and oxygen atoms in total. The monoisotopic (exact) mass is 232 g/mol. The average Bonchev–Trinajstić information content (AvgIpc) is 2.61. The van der Waals surface area contributed by atoms with Crippen molar-refractivity contribution in [2.24, 2.45) is 16.7 Å². The zero-order chi connectivity index (χ0) is 12.8. The third-order valence-corrected chi connectivity index (χ3v) is 5.21. The van der Waals surface area contributed by atoms with E-state index in [9.17, 15) is 5.11 Å². The highest BCUT2D eigenvalue weighted by molar-refractivity contribution is 5.27. The fourth-order valence-electron chi connectivity index (χ4n) is 3.39. The fraction of sp³-hybridized carbons (Fsp3) is 0.625. The topological polar surface area (TPSA) is 20.2 Å². The van der Waals surface area contributed by atoms with Crippen molar-refractivity contribution in [3.63, 3.8) is 0 Å². The van der Waals surface area contributed by atoms with Crippen LogP contribution in [-0.2, 0) is 6.42 Å². The molecule has 0 bridgehead atoms. The Balaban J connectivity index is 2.10. The van der Waals surface area contributed by atoms with Crippen LogP contribution in [0.15, 0.2) is 24.3 Å². The van der Waals surface area contributed by atoms with Crippen molar-refractivity contribution < 1.29 is 5.11 Å². The van der Waals surface area contributed by atoms with E-state index in [1.807, 2.05) is 0 Å². The Bertz CT molecular complexity index is 403. The van der Waals surface area contributed by atoms with E-state index in [0.29, 0.717) is 5.92 Å². The third kappa shape index (κ3) is 1.91. The van der Waals surface area contributed by atoms with Gasteiger partial charge in [0.05, 0.1) is 6.10 Å². The van der Waals surface area contributed by atoms with Gasteiger partial charge in [-0.2, -0.15) is 0 Å². The van der Waals surface area contributed by atoms with Crippen molar-refractivity contribution in [3.05, 3.63) is 35.4 Å². The van der Waals surface area contributed by atoms with Crippen LogP contribution in [-0.4, -0.2) is 11.2 Å². The average molecular weight is 232 g/mol. The minimum atomic E-state index is -0.221. The number of benzene rings is 1. The molecule has 1 N–H and O–H groups in total. The van der Waals surface area contributed by atoms with Gasteiger partial charge in [-0.15, -0.1) is 0 Å². The lowest BCUT2D eigenvalue weighted by atomic mass is 9.97. The first-order valence-electron chi connectivity index (χ1n) is 6.51. The van der Waals surface area contributed by atoms with E-state index in [-0.39, 0.29) is 16.9 Å². The summed E-state index contributed by atoms with van der Waals surface area (Å²) in [5.41, 5.74) is 3.07. The molecule has 0 amide bonds. The number of hydrogen-bond donors (Lipinski definition) is 1. The van der Waals surface area contributed by atoms with Gasteiger partial charge in [-0.05, 0) is 41.2 Å². The first-order valence-corrected chi connectivity index (χ1v) is 6.51. The molecule has 1 unspecified atom stereocenters. The minimum Gasteiger partial charge on any atom is -0.392 e.